The van der Waals surface area contributed by atoms with E-state index in [1.165, 1.54) is 0 Å². The Balaban J connectivity index is 1.61. The lowest BCUT2D eigenvalue weighted by Gasteiger charge is -2.45. The molecule has 26 heavy (non-hydrogen) atoms. The number of β-lactam (4-membered cyclic amide) rings is 1. The van der Waals surface area contributed by atoms with Crippen molar-refractivity contribution in [3.05, 3.63) is 103 Å². The second-order valence-electron chi connectivity index (χ2n) is 6.16. The number of ether oxygens (including phenoxy) is 1. The van der Waals surface area contributed by atoms with Crippen LogP contribution in [-0.2, 0) is 4.79 Å². The van der Waals surface area contributed by atoms with Crippen LogP contribution >= 0.6 is 0 Å². The van der Waals surface area contributed by atoms with Crippen LogP contribution in [-0.4, -0.2) is 18.1 Å². The molecule has 2 atom stereocenters. The zero-order chi connectivity index (χ0) is 17.8. The van der Waals surface area contributed by atoms with Crippen molar-refractivity contribution in [2.45, 2.75) is 12.1 Å². The second kappa shape index (κ2) is 7.28. The summed E-state index contributed by atoms with van der Waals surface area (Å²) in [6.45, 7) is 0. The number of anilines is 1. The van der Waals surface area contributed by atoms with Crippen LogP contribution < -0.4 is 9.64 Å². The number of hydrogen-bond acceptors (Lipinski definition) is 2. The summed E-state index contributed by atoms with van der Waals surface area (Å²) in [7, 11) is 0. The van der Waals surface area contributed by atoms with Crippen LogP contribution in [0.25, 0.3) is 6.08 Å². The maximum absolute atomic E-state index is 12.8. The van der Waals surface area contributed by atoms with Crippen molar-refractivity contribution < 1.29 is 9.53 Å². The molecular weight excluding hydrogens is 322 g/mol. The van der Waals surface area contributed by atoms with Crippen molar-refractivity contribution in [3.63, 3.8) is 0 Å². The molecular formula is C23H19NO2. The standard InChI is InChI=1S/C23H19NO2/c25-23-22(26-20-14-8-3-9-15-20)21(17-16-18-10-4-1-5-11-18)24(23)19-12-6-2-7-13-19/h1-17,21-22H/b17-16+/t21-,22+/m1/s1. The quantitative estimate of drug-likeness (QED) is 0.637. The highest BCUT2D eigenvalue weighted by molar-refractivity contribution is 6.06. The second-order valence-corrected chi connectivity index (χ2v) is 6.16. The zero-order valence-electron chi connectivity index (χ0n) is 14.2. The molecule has 0 aliphatic carbocycles. The van der Waals surface area contributed by atoms with Crippen molar-refractivity contribution in [3.8, 4) is 5.75 Å². The molecule has 0 radical (unpaired) electrons. The van der Waals surface area contributed by atoms with Crippen LogP contribution in [0.1, 0.15) is 5.56 Å². The van der Waals surface area contributed by atoms with E-state index in [0.717, 1.165) is 11.3 Å². The molecule has 0 bridgehead atoms. The van der Waals surface area contributed by atoms with Crippen LogP contribution in [0.4, 0.5) is 5.69 Å². The summed E-state index contributed by atoms with van der Waals surface area (Å²) in [6.07, 6.45) is 3.56. The van der Waals surface area contributed by atoms with Gasteiger partial charge in [-0.1, -0.05) is 78.9 Å². The highest BCUT2D eigenvalue weighted by Gasteiger charge is 2.48. The van der Waals surface area contributed by atoms with Gasteiger partial charge in [-0.2, -0.15) is 0 Å². The van der Waals surface area contributed by atoms with Crippen LogP contribution in [0.2, 0.25) is 0 Å². The largest absolute Gasteiger partial charge is 0.478 e. The predicted molar refractivity (Wildman–Crippen MR) is 104 cm³/mol. The average molecular weight is 341 g/mol. The summed E-state index contributed by atoms with van der Waals surface area (Å²) in [5.74, 6) is 0.680. The molecule has 0 spiro atoms. The number of nitrogens with zero attached hydrogens (tertiary/aromatic N) is 1. The van der Waals surface area contributed by atoms with E-state index in [-0.39, 0.29) is 11.9 Å². The van der Waals surface area contributed by atoms with E-state index in [1.807, 2.05) is 103 Å². The van der Waals surface area contributed by atoms with Gasteiger partial charge in [-0.3, -0.25) is 9.69 Å². The van der Waals surface area contributed by atoms with E-state index in [2.05, 4.69) is 0 Å². The highest BCUT2D eigenvalue weighted by Crippen LogP contribution is 2.32. The Hall–Kier alpha value is -3.33. The van der Waals surface area contributed by atoms with Gasteiger partial charge in [-0.15, -0.1) is 0 Å². The van der Waals surface area contributed by atoms with Gasteiger partial charge in [-0.05, 0) is 29.8 Å². The van der Waals surface area contributed by atoms with Crippen LogP contribution in [0, 0.1) is 0 Å². The zero-order valence-corrected chi connectivity index (χ0v) is 14.2. The Labute approximate surface area is 153 Å². The summed E-state index contributed by atoms with van der Waals surface area (Å²) in [6, 6.07) is 29.1. The number of carbonyl (C=O) groups excluding carboxylic acids is 1. The molecule has 1 aliphatic rings. The molecule has 3 nitrogen and oxygen atoms in total. The lowest BCUT2D eigenvalue weighted by Crippen LogP contribution is -2.66. The third-order valence-corrected chi connectivity index (χ3v) is 4.42. The first-order valence-corrected chi connectivity index (χ1v) is 8.66. The molecule has 3 aromatic rings. The van der Waals surface area contributed by atoms with Crippen molar-refractivity contribution >= 4 is 17.7 Å². The fraction of sp³-hybridized carbons (Fsp3) is 0.0870. The van der Waals surface area contributed by atoms with Gasteiger partial charge in [0.2, 0.25) is 6.10 Å². The summed E-state index contributed by atoms with van der Waals surface area (Å²) in [5, 5.41) is 0. The first-order chi connectivity index (χ1) is 12.8. The maximum Gasteiger partial charge on any atom is 0.271 e. The smallest absolute Gasteiger partial charge is 0.271 e. The predicted octanol–water partition coefficient (Wildman–Crippen LogP) is 4.56. The van der Waals surface area contributed by atoms with Gasteiger partial charge in [0.15, 0.2) is 0 Å². The number of benzene rings is 3. The molecule has 1 amide bonds. The fourth-order valence-electron chi connectivity index (χ4n) is 3.10. The summed E-state index contributed by atoms with van der Waals surface area (Å²) in [5.41, 5.74) is 1.98. The monoisotopic (exact) mass is 341 g/mol. The Bertz CT molecular complexity index is 891. The molecule has 0 unspecified atom stereocenters. The Morgan fingerprint density at radius 1 is 0.769 bits per heavy atom. The molecule has 3 aromatic carbocycles. The van der Waals surface area contributed by atoms with Crippen LogP contribution in [0.15, 0.2) is 97.1 Å². The number of rotatable bonds is 5. The van der Waals surface area contributed by atoms with E-state index in [4.69, 9.17) is 4.74 Å². The van der Waals surface area contributed by atoms with Gasteiger partial charge < -0.3 is 4.74 Å². The van der Waals surface area contributed by atoms with E-state index in [1.54, 1.807) is 4.90 Å². The minimum Gasteiger partial charge on any atom is -0.478 e. The first kappa shape index (κ1) is 16.2. The summed E-state index contributed by atoms with van der Waals surface area (Å²) >= 11 is 0. The molecule has 0 aromatic heterocycles. The van der Waals surface area contributed by atoms with Gasteiger partial charge in [0.1, 0.15) is 11.8 Å². The van der Waals surface area contributed by atoms with Crippen molar-refractivity contribution in [1.29, 1.82) is 0 Å². The Kier molecular flexibility index (Phi) is 4.52. The number of amides is 1. The molecule has 0 saturated carbocycles. The van der Waals surface area contributed by atoms with Gasteiger partial charge in [0.25, 0.3) is 5.91 Å². The molecule has 1 heterocycles. The number of para-hydroxylation sites is 2. The molecule has 3 heteroatoms. The topological polar surface area (TPSA) is 29.5 Å². The normalized spacial score (nSPS) is 19.4. The lowest BCUT2D eigenvalue weighted by molar-refractivity contribution is -0.133. The third-order valence-electron chi connectivity index (χ3n) is 4.42. The van der Waals surface area contributed by atoms with Gasteiger partial charge in [-0.25, -0.2) is 0 Å². The lowest BCUT2D eigenvalue weighted by atomic mass is 9.95. The third kappa shape index (κ3) is 3.24. The Morgan fingerprint density at radius 2 is 1.35 bits per heavy atom. The van der Waals surface area contributed by atoms with E-state index >= 15 is 0 Å². The van der Waals surface area contributed by atoms with Crippen molar-refractivity contribution in [1.82, 2.24) is 0 Å². The summed E-state index contributed by atoms with van der Waals surface area (Å²) in [4.78, 5) is 14.5. The summed E-state index contributed by atoms with van der Waals surface area (Å²) < 4.78 is 5.97. The van der Waals surface area contributed by atoms with Crippen LogP contribution in [0.3, 0.4) is 0 Å². The average Bonchev–Trinajstić information content (AvgIpc) is 2.71. The van der Waals surface area contributed by atoms with Crippen molar-refractivity contribution in [2.75, 3.05) is 4.90 Å². The van der Waals surface area contributed by atoms with Gasteiger partial charge >= 0.3 is 0 Å². The minimum atomic E-state index is -0.516. The highest BCUT2D eigenvalue weighted by atomic mass is 16.5. The number of hydrogen-bond donors (Lipinski definition) is 0. The van der Waals surface area contributed by atoms with E-state index < -0.39 is 6.10 Å². The van der Waals surface area contributed by atoms with E-state index in [9.17, 15) is 4.79 Å². The SMILES string of the molecule is O=C1[C@@H](Oc2ccccc2)[C@@H](/C=C/c2ccccc2)N1c1ccccc1. The molecule has 0 N–H and O–H groups in total. The minimum absolute atomic E-state index is 0.0252. The molecule has 1 fully saturated rings. The van der Waals surface area contributed by atoms with Crippen molar-refractivity contribution in [2.24, 2.45) is 0 Å². The number of carbonyl (C=O) groups is 1. The van der Waals surface area contributed by atoms with E-state index in [0.29, 0.717) is 5.75 Å². The van der Waals surface area contributed by atoms with Gasteiger partial charge in [0.05, 0.1) is 0 Å². The molecule has 1 saturated heterocycles. The molecule has 1 aliphatic heterocycles. The Morgan fingerprint density at radius 3 is 2.00 bits per heavy atom. The maximum atomic E-state index is 12.8. The molecule has 128 valence electrons. The molecule has 4 rings (SSSR count). The van der Waals surface area contributed by atoms with Crippen LogP contribution in [0.5, 0.6) is 5.75 Å². The van der Waals surface area contributed by atoms with Gasteiger partial charge in [0, 0.05) is 5.69 Å². The fourth-order valence-corrected chi connectivity index (χ4v) is 3.10. The first-order valence-electron chi connectivity index (χ1n) is 8.66.